The summed E-state index contributed by atoms with van der Waals surface area (Å²) in [7, 11) is 4.11. The molecule has 1 aliphatic rings. The number of hydrogen-bond donors (Lipinski definition) is 2. The first-order valence-corrected chi connectivity index (χ1v) is 8.68. The molecule has 0 atom stereocenters. The highest BCUT2D eigenvalue weighted by atomic mass is 16.5. The SMILES string of the molecule is CN(C)Cc1ccc(CNC(=O)NCCCN2CCOCC2)cc1. The maximum Gasteiger partial charge on any atom is 0.315 e. The minimum absolute atomic E-state index is 0.102. The highest BCUT2D eigenvalue weighted by Gasteiger charge is 2.09. The molecule has 2 amide bonds. The Bertz CT molecular complexity index is 484. The molecule has 1 saturated heterocycles. The quantitative estimate of drug-likeness (QED) is 0.703. The van der Waals surface area contributed by atoms with Gasteiger partial charge in [-0.2, -0.15) is 0 Å². The fraction of sp³-hybridized carbons (Fsp3) is 0.611. The molecular weight excluding hydrogens is 304 g/mol. The second-order valence-corrected chi connectivity index (χ2v) is 6.47. The van der Waals surface area contributed by atoms with Gasteiger partial charge in [-0.25, -0.2) is 4.79 Å². The molecule has 0 bridgehead atoms. The molecule has 134 valence electrons. The standard InChI is InChI=1S/C18H30N4O2/c1-21(2)15-17-6-4-16(5-7-17)14-20-18(23)19-8-3-9-22-10-12-24-13-11-22/h4-7H,3,8-15H2,1-2H3,(H2,19,20,23). The lowest BCUT2D eigenvalue weighted by atomic mass is 10.1. The van der Waals surface area contributed by atoms with E-state index in [1.54, 1.807) is 0 Å². The Morgan fingerprint density at radius 3 is 2.46 bits per heavy atom. The Kier molecular flexibility index (Phi) is 8.01. The van der Waals surface area contributed by atoms with Crippen molar-refractivity contribution in [2.45, 2.75) is 19.5 Å². The summed E-state index contributed by atoms with van der Waals surface area (Å²) in [6, 6.07) is 8.25. The van der Waals surface area contributed by atoms with Crippen LogP contribution >= 0.6 is 0 Å². The molecule has 0 aliphatic carbocycles. The molecule has 2 rings (SSSR count). The van der Waals surface area contributed by atoms with Crippen LogP contribution in [-0.4, -0.2) is 69.3 Å². The number of urea groups is 1. The van der Waals surface area contributed by atoms with Crippen LogP contribution in [0.5, 0.6) is 0 Å². The molecule has 24 heavy (non-hydrogen) atoms. The zero-order valence-corrected chi connectivity index (χ0v) is 14.9. The van der Waals surface area contributed by atoms with Gasteiger partial charge in [-0.05, 0) is 38.2 Å². The summed E-state index contributed by atoms with van der Waals surface area (Å²) < 4.78 is 5.32. The van der Waals surface area contributed by atoms with Crippen molar-refractivity contribution < 1.29 is 9.53 Å². The number of hydrogen-bond acceptors (Lipinski definition) is 4. The predicted octanol–water partition coefficient (Wildman–Crippen LogP) is 1.27. The average molecular weight is 334 g/mol. The van der Waals surface area contributed by atoms with E-state index in [4.69, 9.17) is 4.74 Å². The molecule has 0 saturated carbocycles. The van der Waals surface area contributed by atoms with E-state index in [0.29, 0.717) is 13.1 Å². The highest BCUT2D eigenvalue weighted by molar-refractivity contribution is 5.73. The normalized spacial score (nSPS) is 15.5. The second kappa shape index (κ2) is 10.3. The van der Waals surface area contributed by atoms with Gasteiger partial charge in [-0.3, -0.25) is 4.90 Å². The summed E-state index contributed by atoms with van der Waals surface area (Å²) >= 11 is 0. The Hall–Kier alpha value is -1.63. The molecule has 6 heteroatoms. The van der Waals surface area contributed by atoms with Crippen molar-refractivity contribution in [1.29, 1.82) is 0 Å². The third kappa shape index (κ3) is 7.29. The molecule has 1 aromatic carbocycles. The van der Waals surface area contributed by atoms with Crippen LogP contribution in [0.1, 0.15) is 17.5 Å². The molecule has 1 fully saturated rings. The van der Waals surface area contributed by atoms with Crippen LogP contribution in [0.4, 0.5) is 4.79 Å². The third-order valence-electron chi connectivity index (χ3n) is 4.02. The number of amides is 2. The first-order valence-electron chi connectivity index (χ1n) is 8.68. The van der Waals surface area contributed by atoms with Gasteiger partial charge in [0.2, 0.25) is 0 Å². The van der Waals surface area contributed by atoms with Crippen molar-refractivity contribution in [3.8, 4) is 0 Å². The topological polar surface area (TPSA) is 56.8 Å². The van der Waals surface area contributed by atoms with Gasteiger partial charge < -0.3 is 20.3 Å². The van der Waals surface area contributed by atoms with Crippen molar-refractivity contribution in [3.63, 3.8) is 0 Å². The maximum atomic E-state index is 11.8. The third-order valence-corrected chi connectivity index (χ3v) is 4.02. The summed E-state index contributed by atoms with van der Waals surface area (Å²) in [5.74, 6) is 0. The Labute approximate surface area is 145 Å². The van der Waals surface area contributed by atoms with Crippen molar-refractivity contribution in [2.75, 3.05) is 53.5 Å². The van der Waals surface area contributed by atoms with Gasteiger partial charge in [0.15, 0.2) is 0 Å². The van der Waals surface area contributed by atoms with Crippen molar-refractivity contribution in [2.24, 2.45) is 0 Å². The maximum absolute atomic E-state index is 11.8. The molecule has 0 spiro atoms. The van der Waals surface area contributed by atoms with E-state index in [9.17, 15) is 4.79 Å². The predicted molar refractivity (Wildman–Crippen MR) is 95.9 cm³/mol. The summed E-state index contributed by atoms with van der Waals surface area (Å²) in [6.45, 7) is 6.82. The molecular formula is C18H30N4O2. The van der Waals surface area contributed by atoms with Gasteiger partial charge in [0.25, 0.3) is 0 Å². The van der Waals surface area contributed by atoms with Gasteiger partial charge in [0.1, 0.15) is 0 Å². The Morgan fingerprint density at radius 1 is 1.12 bits per heavy atom. The van der Waals surface area contributed by atoms with E-state index in [1.165, 1.54) is 5.56 Å². The van der Waals surface area contributed by atoms with Crippen molar-refractivity contribution in [1.82, 2.24) is 20.4 Å². The Morgan fingerprint density at radius 2 is 1.79 bits per heavy atom. The van der Waals surface area contributed by atoms with Crippen molar-refractivity contribution >= 4 is 6.03 Å². The number of nitrogens with one attached hydrogen (secondary N) is 2. The fourth-order valence-corrected chi connectivity index (χ4v) is 2.70. The fourth-order valence-electron chi connectivity index (χ4n) is 2.70. The number of benzene rings is 1. The zero-order chi connectivity index (χ0) is 17.2. The van der Waals surface area contributed by atoms with Crippen LogP contribution in [-0.2, 0) is 17.8 Å². The summed E-state index contributed by atoms with van der Waals surface area (Å²) in [5.41, 5.74) is 2.39. The smallest absolute Gasteiger partial charge is 0.315 e. The minimum Gasteiger partial charge on any atom is -0.379 e. The lowest BCUT2D eigenvalue weighted by Gasteiger charge is -2.26. The highest BCUT2D eigenvalue weighted by Crippen LogP contribution is 2.06. The summed E-state index contributed by atoms with van der Waals surface area (Å²) in [6.07, 6.45) is 0.965. The van der Waals surface area contributed by atoms with Crippen LogP contribution in [0.15, 0.2) is 24.3 Å². The van der Waals surface area contributed by atoms with E-state index in [2.05, 4.69) is 58.8 Å². The van der Waals surface area contributed by atoms with Crippen LogP contribution in [0.3, 0.4) is 0 Å². The number of morpholine rings is 1. The monoisotopic (exact) mass is 334 g/mol. The van der Waals surface area contributed by atoms with Gasteiger partial charge in [-0.1, -0.05) is 24.3 Å². The molecule has 1 heterocycles. The molecule has 6 nitrogen and oxygen atoms in total. The minimum atomic E-state index is -0.102. The second-order valence-electron chi connectivity index (χ2n) is 6.47. The van der Waals surface area contributed by atoms with E-state index >= 15 is 0 Å². The lowest BCUT2D eigenvalue weighted by Crippen LogP contribution is -2.39. The first kappa shape index (κ1) is 18.7. The van der Waals surface area contributed by atoms with Crippen LogP contribution in [0, 0.1) is 0 Å². The van der Waals surface area contributed by atoms with E-state index < -0.39 is 0 Å². The summed E-state index contributed by atoms with van der Waals surface area (Å²) in [5, 5.41) is 5.82. The number of carbonyl (C=O) groups excluding carboxylic acids is 1. The number of ether oxygens (including phenoxy) is 1. The largest absolute Gasteiger partial charge is 0.379 e. The van der Waals surface area contributed by atoms with E-state index in [1.807, 2.05) is 0 Å². The number of carbonyl (C=O) groups is 1. The molecule has 1 aliphatic heterocycles. The van der Waals surface area contributed by atoms with Crippen LogP contribution in [0.2, 0.25) is 0 Å². The van der Waals surface area contributed by atoms with E-state index in [0.717, 1.165) is 51.4 Å². The lowest BCUT2D eigenvalue weighted by molar-refractivity contribution is 0.0375. The molecule has 0 unspecified atom stereocenters. The van der Waals surface area contributed by atoms with Gasteiger partial charge in [0, 0.05) is 32.7 Å². The number of nitrogens with zero attached hydrogens (tertiary/aromatic N) is 2. The molecule has 2 N–H and O–H groups in total. The molecule has 0 radical (unpaired) electrons. The molecule has 1 aromatic rings. The first-order chi connectivity index (χ1) is 11.6. The van der Waals surface area contributed by atoms with Gasteiger partial charge in [-0.15, -0.1) is 0 Å². The van der Waals surface area contributed by atoms with Gasteiger partial charge in [0.05, 0.1) is 13.2 Å². The average Bonchev–Trinajstić information content (AvgIpc) is 2.58. The van der Waals surface area contributed by atoms with E-state index in [-0.39, 0.29) is 6.03 Å². The van der Waals surface area contributed by atoms with Crippen LogP contribution < -0.4 is 10.6 Å². The number of rotatable bonds is 8. The van der Waals surface area contributed by atoms with Crippen LogP contribution in [0.25, 0.3) is 0 Å². The van der Waals surface area contributed by atoms with Crippen molar-refractivity contribution in [3.05, 3.63) is 35.4 Å². The Balaban J connectivity index is 1.57. The zero-order valence-electron chi connectivity index (χ0n) is 14.9. The molecule has 0 aromatic heterocycles. The summed E-state index contributed by atoms with van der Waals surface area (Å²) in [4.78, 5) is 16.3. The van der Waals surface area contributed by atoms with Gasteiger partial charge >= 0.3 is 6.03 Å².